The lowest BCUT2D eigenvalue weighted by Gasteiger charge is -2.35. The van der Waals surface area contributed by atoms with E-state index in [0.29, 0.717) is 6.54 Å². The number of hydrogen-bond donors (Lipinski definition) is 1. The highest BCUT2D eigenvalue weighted by Crippen LogP contribution is 2.38. The van der Waals surface area contributed by atoms with Crippen molar-refractivity contribution in [3.8, 4) is 5.75 Å². The van der Waals surface area contributed by atoms with Crippen LogP contribution in [0.3, 0.4) is 0 Å². The van der Waals surface area contributed by atoms with Crippen molar-refractivity contribution in [2.24, 2.45) is 0 Å². The van der Waals surface area contributed by atoms with Gasteiger partial charge in [0.05, 0.1) is 30.2 Å². The number of ether oxygens (including phenoxy) is 1. The van der Waals surface area contributed by atoms with Crippen LogP contribution in [-0.4, -0.2) is 33.5 Å². The lowest BCUT2D eigenvalue weighted by atomic mass is 9.95. The normalized spacial score (nSPS) is 17.1. The van der Waals surface area contributed by atoms with Gasteiger partial charge in [0.1, 0.15) is 0 Å². The second-order valence-electron chi connectivity index (χ2n) is 6.27. The predicted octanol–water partition coefficient (Wildman–Crippen LogP) is 3.75. The van der Waals surface area contributed by atoms with Gasteiger partial charge in [-0.2, -0.15) is 0 Å². The minimum Gasteiger partial charge on any atom is -0.492 e. The molecule has 4 rings (SSSR count). The highest BCUT2D eigenvalue weighted by molar-refractivity contribution is 6.32. The number of benzene rings is 1. The average Bonchev–Trinajstić information content (AvgIpc) is 3.11. The molecule has 26 heavy (non-hydrogen) atoms. The molecule has 2 aromatic heterocycles. The monoisotopic (exact) mass is 372 g/mol. The van der Waals surface area contributed by atoms with Crippen molar-refractivity contribution in [3.05, 3.63) is 76.3 Å². The summed E-state index contributed by atoms with van der Waals surface area (Å²) in [5, 5.41) is 0.256. The van der Waals surface area contributed by atoms with Crippen LogP contribution in [-0.2, 0) is 13.0 Å². The van der Waals surface area contributed by atoms with Gasteiger partial charge in [0.2, 0.25) is 0 Å². The van der Waals surface area contributed by atoms with Crippen LogP contribution in [0, 0.1) is 5.82 Å². The predicted molar refractivity (Wildman–Crippen MR) is 96.7 cm³/mol. The van der Waals surface area contributed by atoms with Gasteiger partial charge in [-0.15, -0.1) is 0 Å². The molecule has 3 aromatic rings. The van der Waals surface area contributed by atoms with E-state index in [2.05, 4.69) is 19.9 Å². The average molecular weight is 373 g/mol. The summed E-state index contributed by atoms with van der Waals surface area (Å²) in [5.74, 6) is -0.411. The summed E-state index contributed by atoms with van der Waals surface area (Å²) in [6, 6.07) is 7.00. The molecule has 1 atom stereocenters. The van der Waals surface area contributed by atoms with Crippen molar-refractivity contribution in [2.45, 2.75) is 19.0 Å². The highest BCUT2D eigenvalue weighted by Gasteiger charge is 2.32. The van der Waals surface area contributed by atoms with Gasteiger partial charge in [-0.1, -0.05) is 17.7 Å². The molecule has 0 aliphatic carbocycles. The molecule has 134 valence electrons. The molecule has 1 unspecified atom stereocenters. The van der Waals surface area contributed by atoms with Gasteiger partial charge in [-0.25, -0.2) is 9.37 Å². The third kappa shape index (κ3) is 3.06. The summed E-state index contributed by atoms with van der Waals surface area (Å²) in [6.07, 6.45) is 6.14. The Morgan fingerprint density at radius 1 is 1.42 bits per heavy atom. The van der Waals surface area contributed by atoms with Gasteiger partial charge in [-0.05, 0) is 29.3 Å². The zero-order valence-electron chi connectivity index (χ0n) is 14.2. The number of aromatic nitrogens is 3. The zero-order valence-corrected chi connectivity index (χ0v) is 15.0. The van der Waals surface area contributed by atoms with Crippen LogP contribution in [0.15, 0.2) is 43.0 Å². The Hall–Kier alpha value is -2.44. The number of hydrogen-bond acceptors (Lipinski definition) is 4. The summed E-state index contributed by atoms with van der Waals surface area (Å²) < 4.78 is 19.5. The number of aromatic amines is 1. The molecule has 3 heterocycles. The van der Waals surface area contributed by atoms with E-state index in [9.17, 15) is 4.39 Å². The van der Waals surface area contributed by atoms with E-state index in [1.165, 1.54) is 13.2 Å². The summed E-state index contributed by atoms with van der Waals surface area (Å²) in [5.41, 5.74) is 3.83. The molecule has 1 aromatic carbocycles. The van der Waals surface area contributed by atoms with Crippen molar-refractivity contribution in [3.63, 3.8) is 0 Å². The van der Waals surface area contributed by atoms with Gasteiger partial charge in [-0.3, -0.25) is 9.88 Å². The first-order valence-corrected chi connectivity index (χ1v) is 8.73. The smallest absolute Gasteiger partial charge is 0.173 e. The van der Waals surface area contributed by atoms with Gasteiger partial charge < -0.3 is 9.72 Å². The molecule has 1 aliphatic heterocycles. The van der Waals surface area contributed by atoms with Crippen LogP contribution in [0.2, 0.25) is 5.02 Å². The fraction of sp³-hybridized carbons (Fsp3) is 0.263. The number of methoxy groups -OCH3 is 1. The Balaban J connectivity index is 1.76. The van der Waals surface area contributed by atoms with Gasteiger partial charge in [0.25, 0.3) is 0 Å². The van der Waals surface area contributed by atoms with Crippen LogP contribution in [0.25, 0.3) is 0 Å². The summed E-state index contributed by atoms with van der Waals surface area (Å²) in [4.78, 5) is 14.1. The maximum atomic E-state index is 14.5. The lowest BCUT2D eigenvalue weighted by Crippen LogP contribution is -2.36. The highest BCUT2D eigenvalue weighted by atomic mass is 35.5. The fourth-order valence-electron chi connectivity index (χ4n) is 3.52. The second kappa shape index (κ2) is 7.05. The van der Waals surface area contributed by atoms with Gasteiger partial charge >= 0.3 is 0 Å². The molecule has 0 spiro atoms. The first-order valence-electron chi connectivity index (χ1n) is 8.35. The van der Waals surface area contributed by atoms with Crippen molar-refractivity contribution >= 4 is 11.6 Å². The SMILES string of the molecule is COc1c(F)cc(C2c3nc[nH]c3CCN2Cc2cccnc2)cc1Cl. The second-order valence-corrected chi connectivity index (χ2v) is 6.68. The fourth-order valence-corrected chi connectivity index (χ4v) is 3.82. The maximum absolute atomic E-state index is 14.5. The largest absolute Gasteiger partial charge is 0.492 e. The van der Waals surface area contributed by atoms with E-state index in [1.807, 2.05) is 18.3 Å². The van der Waals surface area contributed by atoms with E-state index < -0.39 is 5.82 Å². The number of H-pyrrole nitrogens is 1. The number of imidazole rings is 1. The number of nitrogens with one attached hydrogen (secondary N) is 1. The van der Waals surface area contributed by atoms with Crippen molar-refractivity contribution in [1.29, 1.82) is 0 Å². The van der Waals surface area contributed by atoms with Crippen molar-refractivity contribution in [1.82, 2.24) is 19.9 Å². The number of nitrogens with zero attached hydrogens (tertiary/aromatic N) is 3. The van der Waals surface area contributed by atoms with E-state index in [-0.39, 0.29) is 16.8 Å². The standard InChI is InChI=1S/C19H18ClFN4O/c1-26-19-14(20)7-13(8-15(19)21)18-17-16(23-11-24-17)4-6-25(18)10-12-3-2-5-22-9-12/h2-3,5,7-9,11,18H,4,6,10H2,1H3,(H,23,24). The lowest BCUT2D eigenvalue weighted by molar-refractivity contribution is 0.199. The van der Waals surface area contributed by atoms with Crippen LogP contribution >= 0.6 is 11.6 Å². The Bertz CT molecular complexity index is 892. The molecule has 0 radical (unpaired) electrons. The molecule has 0 bridgehead atoms. The summed E-state index contributed by atoms with van der Waals surface area (Å²) >= 11 is 6.24. The summed E-state index contributed by atoms with van der Waals surface area (Å²) in [6.45, 7) is 1.51. The maximum Gasteiger partial charge on any atom is 0.173 e. The number of pyridine rings is 1. The minimum absolute atomic E-state index is 0.0623. The Labute approximate surface area is 155 Å². The molecule has 7 heteroatoms. The first kappa shape index (κ1) is 17.0. The number of fused-ring (bicyclic) bond motifs is 1. The van der Waals surface area contributed by atoms with Gasteiger partial charge in [0, 0.05) is 37.6 Å². The van der Waals surface area contributed by atoms with E-state index in [1.54, 1.807) is 18.6 Å². The third-order valence-corrected chi connectivity index (χ3v) is 4.95. The Morgan fingerprint density at radius 3 is 3.04 bits per heavy atom. The molecule has 5 nitrogen and oxygen atoms in total. The van der Waals surface area contributed by atoms with Crippen LogP contribution in [0.5, 0.6) is 5.75 Å². The van der Waals surface area contributed by atoms with E-state index >= 15 is 0 Å². The van der Waals surface area contributed by atoms with Crippen LogP contribution < -0.4 is 4.74 Å². The van der Waals surface area contributed by atoms with Crippen LogP contribution in [0.1, 0.15) is 28.6 Å². The van der Waals surface area contributed by atoms with Gasteiger partial charge in [0.15, 0.2) is 11.6 Å². The Morgan fingerprint density at radius 2 is 2.31 bits per heavy atom. The number of halogens is 2. The zero-order chi connectivity index (χ0) is 18.1. The summed E-state index contributed by atoms with van der Waals surface area (Å²) in [7, 11) is 1.41. The molecule has 0 saturated carbocycles. The topological polar surface area (TPSA) is 54.0 Å². The van der Waals surface area contributed by atoms with E-state index in [4.69, 9.17) is 16.3 Å². The molecular weight excluding hydrogens is 355 g/mol. The minimum atomic E-state index is -0.473. The molecule has 0 saturated heterocycles. The quantitative estimate of drug-likeness (QED) is 0.757. The Kier molecular flexibility index (Phi) is 4.61. The molecule has 0 fully saturated rings. The van der Waals surface area contributed by atoms with Crippen LogP contribution in [0.4, 0.5) is 4.39 Å². The van der Waals surface area contributed by atoms with Crippen molar-refractivity contribution < 1.29 is 9.13 Å². The van der Waals surface area contributed by atoms with E-state index in [0.717, 1.165) is 35.5 Å². The van der Waals surface area contributed by atoms with Crippen molar-refractivity contribution in [2.75, 3.05) is 13.7 Å². The number of rotatable bonds is 4. The third-order valence-electron chi connectivity index (χ3n) is 4.67. The molecular formula is C19H18ClFN4O. The molecule has 1 N–H and O–H groups in total. The molecule has 1 aliphatic rings. The molecule has 0 amide bonds. The first-order chi connectivity index (χ1) is 12.7.